The molecule has 1 aliphatic carbocycles. The van der Waals surface area contributed by atoms with Gasteiger partial charge in [0.2, 0.25) is 5.91 Å². The second kappa shape index (κ2) is 4.49. The maximum Gasteiger partial charge on any atom is 0.230 e. The van der Waals surface area contributed by atoms with Crippen LogP contribution in [0.3, 0.4) is 0 Å². The van der Waals surface area contributed by atoms with Gasteiger partial charge in [0.05, 0.1) is 5.41 Å². The number of nitrogens with two attached hydrogens (primary N) is 1. The lowest BCUT2D eigenvalue weighted by Crippen LogP contribution is -2.37. The topological polar surface area (TPSA) is 55.1 Å². The first-order valence-corrected chi connectivity index (χ1v) is 6.16. The number of amides is 1. The molecular formula is C14H20N2O. The number of hydrogen-bond donors (Lipinski definition) is 2. The first-order chi connectivity index (χ1) is 8.10. The summed E-state index contributed by atoms with van der Waals surface area (Å²) in [5.41, 5.74) is 8.75. The molecule has 1 fully saturated rings. The summed E-state index contributed by atoms with van der Waals surface area (Å²) < 4.78 is 0. The molecule has 1 saturated carbocycles. The van der Waals surface area contributed by atoms with Crippen molar-refractivity contribution in [1.82, 2.24) is 5.32 Å². The highest BCUT2D eigenvalue weighted by Gasteiger charge is 2.51. The summed E-state index contributed by atoms with van der Waals surface area (Å²) in [5, 5.41) is 2.92. The Kier molecular flexibility index (Phi) is 3.20. The van der Waals surface area contributed by atoms with Crippen LogP contribution >= 0.6 is 0 Å². The highest BCUT2D eigenvalue weighted by atomic mass is 16.2. The summed E-state index contributed by atoms with van der Waals surface area (Å²) in [5.74, 6) is 0.136. The fourth-order valence-electron chi connectivity index (χ4n) is 2.35. The van der Waals surface area contributed by atoms with Crippen molar-refractivity contribution in [3.63, 3.8) is 0 Å². The molecule has 0 aliphatic heterocycles. The number of nitrogens with one attached hydrogen (secondary N) is 1. The molecule has 0 atom stereocenters. The smallest absolute Gasteiger partial charge is 0.230 e. The molecule has 17 heavy (non-hydrogen) atoms. The molecule has 2 rings (SSSR count). The molecule has 0 bridgehead atoms. The zero-order valence-electron chi connectivity index (χ0n) is 10.5. The van der Waals surface area contributed by atoms with Crippen molar-refractivity contribution in [3.05, 3.63) is 34.9 Å². The quantitative estimate of drug-likeness (QED) is 0.824. The predicted octanol–water partition coefficient (Wildman–Crippen LogP) is 1.41. The molecule has 1 aromatic rings. The van der Waals surface area contributed by atoms with E-state index in [0.29, 0.717) is 13.1 Å². The van der Waals surface area contributed by atoms with Gasteiger partial charge in [-0.15, -0.1) is 0 Å². The first kappa shape index (κ1) is 12.1. The highest BCUT2D eigenvalue weighted by molar-refractivity contribution is 5.91. The van der Waals surface area contributed by atoms with Gasteiger partial charge in [-0.25, -0.2) is 0 Å². The Labute approximate surface area is 102 Å². The average molecular weight is 232 g/mol. The van der Waals surface area contributed by atoms with E-state index in [-0.39, 0.29) is 11.3 Å². The molecule has 0 unspecified atom stereocenters. The number of carbonyl (C=O) groups is 1. The molecule has 92 valence electrons. The number of aryl methyl sites for hydroxylation is 2. The van der Waals surface area contributed by atoms with Gasteiger partial charge in [-0.2, -0.15) is 0 Å². The maximum absolute atomic E-state index is 12.2. The Morgan fingerprint density at radius 1 is 1.41 bits per heavy atom. The molecule has 1 amide bonds. The van der Waals surface area contributed by atoms with E-state index in [4.69, 9.17) is 5.73 Å². The van der Waals surface area contributed by atoms with E-state index in [2.05, 4.69) is 37.4 Å². The minimum atomic E-state index is -0.273. The van der Waals surface area contributed by atoms with Crippen molar-refractivity contribution < 1.29 is 4.79 Å². The largest absolute Gasteiger partial charge is 0.354 e. The third-order valence-corrected chi connectivity index (χ3v) is 3.52. The van der Waals surface area contributed by atoms with E-state index in [1.807, 2.05) is 0 Å². The highest BCUT2D eigenvalue weighted by Crippen LogP contribution is 2.49. The van der Waals surface area contributed by atoms with Crippen LogP contribution in [0.4, 0.5) is 0 Å². The normalized spacial score (nSPS) is 16.6. The Morgan fingerprint density at radius 2 is 2.12 bits per heavy atom. The molecule has 0 heterocycles. The van der Waals surface area contributed by atoms with Crippen LogP contribution in [0.5, 0.6) is 0 Å². The van der Waals surface area contributed by atoms with Crippen molar-refractivity contribution in [1.29, 1.82) is 0 Å². The zero-order valence-corrected chi connectivity index (χ0v) is 10.5. The SMILES string of the molecule is Cc1ccc(C)c(C2(C(=O)NCCN)CC2)c1. The van der Waals surface area contributed by atoms with Crippen molar-refractivity contribution >= 4 is 5.91 Å². The average Bonchev–Trinajstić information content (AvgIpc) is 3.10. The second-order valence-corrected chi connectivity index (χ2v) is 4.95. The van der Waals surface area contributed by atoms with Crippen LogP contribution in [0, 0.1) is 13.8 Å². The number of benzene rings is 1. The molecule has 0 aromatic heterocycles. The Balaban J connectivity index is 2.26. The lowest BCUT2D eigenvalue weighted by molar-refractivity contribution is -0.123. The van der Waals surface area contributed by atoms with Crippen LogP contribution in [0.1, 0.15) is 29.5 Å². The van der Waals surface area contributed by atoms with E-state index in [9.17, 15) is 4.79 Å². The van der Waals surface area contributed by atoms with Crippen LogP contribution in [0.15, 0.2) is 18.2 Å². The molecule has 3 heteroatoms. The minimum absolute atomic E-state index is 0.136. The van der Waals surface area contributed by atoms with Crippen LogP contribution in [0.2, 0.25) is 0 Å². The first-order valence-electron chi connectivity index (χ1n) is 6.16. The molecule has 0 saturated heterocycles. The van der Waals surface area contributed by atoms with Gasteiger partial charge in [0.15, 0.2) is 0 Å². The molecule has 1 aliphatic rings. The van der Waals surface area contributed by atoms with E-state index < -0.39 is 0 Å². The third kappa shape index (κ3) is 2.20. The summed E-state index contributed by atoms with van der Waals surface area (Å²) in [7, 11) is 0. The predicted molar refractivity (Wildman–Crippen MR) is 68.9 cm³/mol. The van der Waals surface area contributed by atoms with Gasteiger partial charge in [-0.1, -0.05) is 23.8 Å². The van der Waals surface area contributed by atoms with Crippen molar-refractivity contribution in [2.75, 3.05) is 13.1 Å². The van der Waals surface area contributed by atoms with E-state index >= 15 is 0 Å². The van der Waals surface area contributed by atoms with Gasteiger partial charge in [0, 0.05) is 13.1 Å². The number of carbonyl (C=O) groups excluding carboxylic acids is 1. The van der Waals surface area contributed by atoms with Crippen molar-refractivity contribution in [2.24, 2.45) is 5.73 Å². The number of hydrogen-bond acceptors (Lipinski definition) is 2. The van der Waals surface area contributed by atoms with Gasteiger partial charge in [0.1, 0.15) is 0 Å². The summed E-state index contributed by atoms with van der Waals surface area (Å²) in [4.78, 5) is 12.2. The lowest BCUT2D eigenvalue weighted by Gasteiger charge is -2.18. The molecular weight excluding hydrogens is 212 g/mol. The fourth-order valence-corrected chi connectivity index (χ4v) is 2.35. The van der Waals surface area contributed by atoms with E-state index in [1.54, 1.807) is 0 Å². The van der Waals surface area contributed by atoms with Crippen molar-refractivity contribution in [2.45, 2.75) is 32.1 Å². The Bertz CT molecular complexity index is 436. The van der Waals surface area contributed by atoms with Gasteiger partial charge in [0.25, 0.3) is 0 Å². The van der Waals surface area contributed by atoms with E-state index in [1.165, 1.54) is 16.7 Å². The molecule has 3 N–H and O–H groups in total. The van der Waals surface area contributed by atoms with Gasteiger partial charge >= 0.3 is 0 Å². The van der Waals surface area contributed by atoms with E-state index in [0.717, 1.165) is 12.8 Å². The maximum atomic E-state index is 12.2. The summed E-state index contributed by atoms with van der Waals surface area (Å²) in [6, 6.07) is 6.33. The summed E-state index contributed by atoms with van der Waals surface area (Å²) in [6.07, 6.45) is 1.90. The van der Waals surface area contributed by atoms with Gasteiger partial charge in [-0.05, 0) is 37.8 Å². The Morgan fingerprint density at radius 3 is 2.71 bits per heavy atom. The third-order valence-electron chi connectivity index (χ3n) is 3.52. The molecule has 3 nitrogen and oxygen atoms in total. The fraction of sp³-hybridized carbons (Fsp3) is 0.500. The standard InChI is InChI=1S/C14H20N2O/c1-10-3-4-11(2)12(9-10)14(5-6-14)13(17)16-8-7-15/h3-4,9H,5-8,15H2,1-2H3,(H,16,17). The van der Waals surface area contributed by atoms with Gasteiger partial charge < -0.3 is 11.1 Å². The molecule has 0 radical (unpaired) electrons. The minimum Gasteiger partial charge on any atom is -0.354 e. The lowest BCUT2D eigenvalue weighted by atomic mass is 9.89. The van der Waals surface area contributed by atoms with Gasteiger partial charge in [-0.3, -0.25) is 4.79 Å². The van der Waals surface area contributed by atoms with Crippen molar-refractivity contribution in [3.8, 4) is 0 Å². The second-order valence-electron chi connectivity index (χ2n) is 4.95. The zero-order chi connectivity index (χ0) is 12.5. The van der Waals surface area contributed by atoms with Crippen LogP contribution in [0.25, 0.3) is 0 Å². The van der Waals surface area contributed by atoms with Crippen LogP contribution in [-0.2, 0) is 10.2 Å². The summed E-state index contributed by atoms with van der Waals surface area (Å²) >= 11 is 0. The molecule has 1 aromatic carbocycles. The summed E-state index contributed by atoms with van der Waals surface area (Å²) in [6.45, 7) is 5.20. The van der Waals surface area contributed by atoms with Crippen LogP contribution in [-0.4, -0.2) is 19.0 Å². The Hall–Kier alpha value is -1.35. The monoisotopic (exact) mass is 232 g/mol. The number of rotatable bonds is 4. The molecule has 0 spiro atoms. The van der Waals surface area contributed by atoms with Crippen LogP contribution < -0.4 is 11.1 Å².